The van der Waals surface area contributed by atoms with E-state index in [2.05, 4.69) is 24.1 Å². The summed E-state index contributed by atoms with van der Waals surface area (Å²) >= 11 is 0. The van der Waals surface area contributed by atoms with Crippen LogP contribution in [0, 0.1) is 0 Å². The van der Waals surface area contributed by atoms with Crippen LogP contribution in [0.4, 0.5) is 5.82 Å². The topological polar surface area (TPSA) is 34.1 Å². The van der Waals surface area contributed by atoms with Gasteiger partial charge < -0.3 is 10.1 Å². The van der Waals surface area contributed by atoms with E-state index in [0.29, 0.717) is 6.04 Å². The van der Waals surface area contributed by atoms with Crippen molar-refractivity contribution in [3.05, 3.63) is 18.3 Å². The summed E-state index contributed by atoms with van der Waals surface area (Å²) in [6.45, 7) is 8.14. The van der Waals surface area contributed by atoms with Crippen LogP contribution in [0.3, 0.4) is 0 Å². The summed E-state index contributed by atoms with van der Waals surface area (Å²) < 4.78 is 5.06. The first-order valence-corrected chi connectivity index (χ1v) is 4.99. The second kappa shape index (κ2) is 7.18. The van der Waals surface area contributed by atoms with Crippen molar-refractivity contribution in [2.24, 2.45) is 0 Å². The lowest BCUT2D eigenvalue weighted by atomic mass is 10.3. The third-order valence-corrected chi connectivity index (χ3v) is 1.40. The minimum atomic E-state index is 0.393. The second-order valence-electron chi connectivity index (χ2n) is 2.88. The molecule has 0 saturated carbocycles. The van der Waals surface area contributed by atoms with Crippen LogP contribution in [0.2, 0.25) is 0 Å². The monoisotopic (exact) mass is 196 g/mol. The van der Waals surface area contributed by atoms with Crippen molar-refractivity contribution in [2.75, 3.05) is 12.4 Å². The Bertz CT molecular complexity index is 249. The van der Waals surface area contributed by atoms with Crippen molar-refractivity contribution < 1.29 is 4.74 Å². The van der Waals surface area contributed by atoms with Crippen LogP contribution in [0.25, 0.3) is 0 Å². The number of nitrogens with one attached hydrogen (secondary N) is 1. The van der Waals surface area contributed by atoms with Gasteiger partial charge in [-0.2, -0.15) is 0 Å². The third kappa shape index (κ3) is 4.70. The predicted molar refractivity (Wildman–Crippen MR) is 60.9 cm³/mol. The Labute approximate surface area is 86.5 Å². The van der Waals surface area contributed by atoms with E-state index in [0.717, 1.165) is 11.6 Å². The van der Waals surface area contributed by atoms with Crippen LogP contribution in [0.1, 0.15) is 27.7 Å². The van der Waals surface area contributed by atoms with Crippen molar-refractivity contribution >= 4 is 5.82 Å². The van der Waals surface area contributed by atoms with E-state index < -0.39 is 0 Å². The Hall–Kier alpha value is -1.25. The minimum absolute atomic E-state index is 0.393. The van der Waals surface area contributed by atoms with Gasteiger partial charge in [0.15, 0.2) is 0 Å². The number of pyridine rings is 1. The molecule has 0 aromatic carbocycles. The summed E-state index contributed by atoms with van der Waals surface area (Å²) in [7, 11) is 1.65. The fourth-order valence-electron chi connectivity index (χ4n) is 0.913. The summed E-state index contributed by atoms with van der Waals surface area (Å²) in [4.78, 5) is 4.14. The minimum Gasteiger partial charge on any atom is -0.497 e. The van der Waals surface area contributed by atoms with Gasteiger partial charge in [0.2, 0.25) is 0 Å². The molecule has 1 rings (SSSR count). The van der Waals surface area contributed by atoms with Gasteiger partial charge in [0.05, 0.1) is 7.11 Å². The van der Waals surface area contributed by atoms with Crippen LogP contribution in [0.5, 0.6) is 5.75 Å². The van der Waals surface area contributed by atoms with E-state index in [1.807, 2.05) is 26.0 Å². The van der Waals surface area contributed by atoms with Crippen LogP contribution in [-0.4, -0.2) is 18.1 Å². The van der Waals surface area contributed by atoms with Crippen LogP contribution in [0.15, 0.2) is 18.3 Å². The van der Waals surface area contributed by atoms with Crippen molar-refractivity contribution in [2.45, 2.75) is 33.7 Å². The first kappa shape index (κ1) is 12.8. The van der Waals surface area contributed by atoms with E-state index in [-0.39, 0.29) is 0 Å². The number of nitrogens with zero attached hydrogens (tertiary/aromatic N) is 1. The lowest BCUT2D eigenvalue weighted by Crippen LogP contribution is -2.10. The molecule has 0 aliphatic heterocycles. The van der Waals surface area contributed by atoms with Gasteiger partial charge in [-0.25, -0.2) is 4.98 Å². The number of aromatic nitrogens is 1. The zero-order valence-corrected chi connectivity index (χ0v) is 9.66. The SMILES string of the molecule is CC.COc1ccnc(NC(C)C)c1. The Morgan fingerprint density at radius 1 is 1.36 bits per heavy atom. The van der Waals surface area contributed by atoms with E-state index in [9.17, 15) is 0 Å². The molecule has 1 N–H and O–H groups in total. The Balaban J connectivity index is 0.000000791. The summed E-state index contributed by atoms with van der Waals surface area (Å²) in [5.74, 6) is 1.68. The van der Waals surface area contributed by atoms with Crippen molar-refractivity contribution in [3.63, 3.8) is 0 Å². The highest BCUT2D eigenvalue weighted by atomic mass is 16.5. The van der Waals surface area contributed by atoms with Gasteiger partial charge in [0, 0.05) is 18.3 Å². The van der Waals surface area contributed by atoms with Gasteiger partial charge in [0.25, 0.3) is 0 Å². The lowest BCUT2D eigenvalue weighted by Gasteiger charge is -2.09. The maximum atomic E-state index is 5.06. The fourth-order valence-corrected chi connectivity index (χ4v) is 0.913. The number of methoxy groups -OCH3 is 1. The zero-order chi connectivity index (χ0) is 11.0. The first-order chi connectivity index (χ1) is 6.72. The summed E-state index contributed by atoms with van der Waals surface area (Å²) in [5, 5.41) is 3.19. The molecule has 80 valence electrons. The molecule has 0 amide bonds. The average molecular weight is 196 g/mol. The molecule has 0 spiro atoms. The summed E-state index contributed by atoms with van der Waals surface area (Å²) in [6.07, 6.45) is 1.73. The highest BCUT2D eigenvalue weighted by Gasteiger charge is 1.97. The Morgan fingerprint density at radius 2 is 2.00 bits per heavy atom. The number of anilines is 1. The molecule has 0 aliphatic carbocycles. The molecule has 3 nitrogen and oxygen atoms in total. The maximum absolute atomic E-state index is 5.06. The Kier molecular flexibility index (Phi) is 6.54. The quantitative estimate of drug-likeness (QED) is 0.807. The molecule has 0 unspecified atom stereocenters. The molecule has 0 atom stereocenters. The average Bonchev–Trinajstić information content (AvgIpc) is 2.20. The molecule has 0 saturated heterocycles. The van der Waals surface area contributed by atoms with Crippen molar-refractivity contribution in [1.29, 1.82) is 0 Å². The molecular formula is C11H20N2O. The highest BCUT2D eigenvalue weighted by Crippen LogP contribution is 2.13. The molecule has 1 heterocycles. The molecule has 1 aromatic heterocycles. The number of rotatable bonds is 3. The van der Waals surface area contributed by atoms with E-state index in [1.54, 1.807) is 13.3 Å². The predicted octanol–water partition coefficient (Wildman–Crippen LogP) is 2.94. The molecule has 0 fully saturated rings. The molecule has 0 bridgehead atoms. The number of hydrogen-bond acceptors (Lipinski definition) is 3. The maximum Gasteiger partial charge on any atom is 0.129 e. The van der Waals surface area contributed by atoms with E-state index in [4.69, 9.17) is 4.74 Å². The number of hydrogen-bond donors (Lipinski definition) is 1. The first-order valence-electron chi connectivity index (χ1n) is 4.99. The van der Waals surface area contributed by atoms with Gasteiger partial charge in [-0.05, 0) is 19.9 Å². The van der Waals surface area contributed by atoms with E-state index in [1.165, 1.54) is 0 Å². The molecule has 1 aromatic rings. The van der Waals surface area contributed by atoms with Gasteiger partial charge in [-0.3, -0.25) is 0 Å². The van der Waals surface area contributed by atoms with Crippen molar-refractivity contribution in [1.82, 2.24) is 4.98 Å². The standard InChI is InChI=1S/C9H14N2O.C2H6/c1-7(2)11-9-6-8(12-3)4-5-10-9;1-2/h4-7H,1-3H3,(H,10,11);1-2H3. The molecular weight excluding hydrogens is 176 g/mol. The van der Waals surface area contributed by atoms with Gasteiger partial charge in [-0.15, -0.1) is 0 Å². The third-order valence-electron chi connectivity index (χ3n) is 1.40. The largest absolute Gasteiger partial charge is 0.497 e. The highest BCUT2D eigenvalue weighted by molar-refractivity contribution is 5.40. The molecule has 0 radical (unpaired) electrons. The van der Waals surface area contributed by atoms with Crippen LogP contribution < -0.4 is 10.1 Å². The van der Waals surface area contributed by atoms with Crippen LogP contribution >= 0.6 is 0 Å². The Morgan fingerprint density at radius 3 is 2.50 bits per heavy atom. The molecule has 14 heavy (non-hydrogen) atoms. The van der Waals surface area contributed by atoms with Crippen LogP contribution in [-0.2, 0) is 0 Å². The van der Waals surface area contributed by atoms with Gasteiger partial charge >= 0.3 is 0 Å². The van der Waals surface area contributed by atoms with Gasteiger partial charge in [0.1, 0.15) is 11.6 Å². The smallest absolute Gasteiger partial charge is 0.129 e. The lowest BCUT2D eigenvalue weighted by molar-refractivity contribution is 0.414. The normalized spacial score (nSPS) is 9.00. The fraction of sp³-hybridized carbons (Fsp3) is 0.545. The van der Waals surface area contributed by atoms with Crippen molar-refractivity contribution in [3.8, 4) is 5.75 Å². The molecule has 3 heteroatoms. The second-order valence-corrected chi connectivity index (χ2v) is 2.88. The molecule has 0 aliphatic rings. The van der Waals surface area contributed by atoms with Gasteiger partial charge in [-0.1, -0.05) is 13.8 Å². The zero-order valence-electron chi connectivity index (χ0n) is 9.66. The number of ether oxygens (including phenoxy) is 1. The summed E-state index contributed by atoms with van der Waals surface area (Å²) in [5.41, 5.74) is 0. The summed E-state index contributed by atoms with van der Waals surface area (Å²) in [6, 6.07) is 4.09. The van der Waals surface area contributed by atoms with E-state index >= 15 is 0 Å².